The Morgan fingerprint density at radius 2 is 2.42 bits per heavy atom. The summed E-state index contributed by atoms with van der Waals surface area (Å²) in [5.74, 6) is 0.467. The van der Waals surface area contributed by atoms with Crippen LogP contribution in [0.2, 0.25) is 0 Å². The van der Waals surface area contributed by atoms with Gasteiger partial charge in [0.15, 0.2) is 5.82 Å². The minimum Gasteiger partial charge on any atom is -0.358 e. The number of nitrogens with one attached hydrogen (secondary N) is 1. The molecule has 0 radical (unpaired) electrons. The van der Waals surface area contributed by atoms with E-state index in [-0.39, 0.29) is 11.6 Å². The number of aromatic nitrogens is 2. The van der Waals surface area contributed by atoms with E-state index in [9.17, 15) is 4.79 Å². The second-order valence-electron chi connectivity index (χ2n) is 4.84. The topological polar surface area (TPSA) is 46.9 Å². The smallest absolute Gasteiger partial charge is 0.293 e. The number of nitrogens with zero attached hydrogens (tertiary/aromatic N) is 2. The lowest BCUT2D eigenvalue weighted by Crippen LogP contribution is -2.25. The summed E-state index contributed by atoms with van der Waals surface area (Å²) in [5.41, 5.74) is 0.00000567. The summed E-state index contributed by atoms with van der Waals surface area (Å²) in [5, 5.41) is 5.34. The highest BCUT2D eigenvalue weighted by atomic mass is 32.1. The summed E-state index contributed by atoms with van der Waals surface area (Å²) >= 11 is 1.70. The normalized spacial score (nSPS) is 16.3. The number of hydrogen-bond acceptors (Lipinski definition) is 4. The highest BCUT2D eigenvalue weighted by Crippen LogP contribution is 2.33. The van der Waals surface area contributed by atoms with Gasteiger partial charge in [0.2, 0.25) is 0 Å². The molecule has 1 aliphatic rings. The van der Waals surface area contributed by atoms with E-state index >= 15 is 0 Å². The first-order valence-corrected chi connectivity index (χ1v) is 7.54. The van der Waals surface area contributed by atoms with Gasteiger partial charge in [-0.3, -0.25) is 4.79 Å². The van der Waals surface area contributed by atoms with E-state index in [0.29, 0.717) is 11.9 Å². The molecule has 1 atom stereocenters. The van der Waals surface area contributed by atoms with Crippen LogP contribution in [0.25, 0.3) is 0 Å². The molecular weight excluding hydrogens is 258 g/mol. The maximum absolute atomic E-state index is 12.3. The number of thiophene rings is 1. The molecule has 5 heteroatoms. The molecule has 2 heterocycles. The molecule has 1 aliphatic carbocycles. The molecule has 0 spiro atoms. The van der Waals surface area contributed by atoms with Gasteiger partial charge in [0.1, 0.15) is 0 Å². The van der Waals surface area contributed by atoms with Crippen molar-refractivity contribution in [3.63, 3.8) is 0 Å². The fourth-order valence-electron chi connectivity index (χ4n) is 2.19. The zero-order chi connectivity index (χ0) is 13.2. The fourth-order valence-corrected chi connectivity index (χ4v) is 3.05. The SMILES string of the molecule is CCC(Nc1nccn(C2CC2)c1=O)c1cccs1. The fraction of sp³-hybridized carbons (Fsp3) is 0.429. The van der Waals surface area contributed by atoms with Crippen molar-refractivity contribution < 1.29 is 0 Å². The third kappa shape index (κ3) is 2.56. The van der Waals surface area contributed by atoms with Gasteiger partial charge in [0.05, 0.1) is 6.04 Å². The van der Waals surface area contributed by atoms with Gasteiger partial charge >= 0.3 is 0 Å². The maximum atomic E-state index is 12.3. The van der Waals surface area contributed by atoms with E-state index in [1.54, 1.807) is 28.3 Å². The van der Waals surface area contributed by atoms with E-state index in [1.807, 2.05) is 6.07 Å². The average Bonchev–Trinajstić information content (AvgIpc) is 3.12. The van der Waals surface area contributed by atoms with Crippen molar-refractivity contribution in [3.05, 3.63) is 45.1 Å². The van der Waals surface area contributed by atoms with Crippen LogP contribution in [0.4, 0.5) is 5.82 Å². The first kappa shape index (κ1) is 12.4. The van der Waals surface area contributed by atoms with Gasteiger partial charge in [-0.1, -0.05) is 13.0 Å². The van der Waals surface area contributed by atoms with Crippen LogP contribution in [0.3, 0.4) is 0 Å². The van der Waals surface area contributed by atoms with E-state index < -0.39 is 0 Å². The maximum Gasteiger partial charge on any atom is 0.293 e. The van der Waals surface area contributed by atoms with Crippen molar-refractivity contribution in [2.75, 3.05) is 5.32 Å². The molecule has 3 rings (SSSR count). The standard InChI is InChI=1S/C14H17N3OS/c1-2-11(12-4-3-9-19-12)16-13-14(18)17(8-7-15-13)10-5-6-10/h3-4,7-11H,2,5-6H2,1H3,(H,15,16). The van der Waals surface area contributed by atoms with Gasteiger partial charge in [-0.05, 0) is 30.7 Å². The van der Waals surface area contributed by atoms with Gasteiger partial charge in [-0.25, -0.2) is 4.98 Å². The predicted octanol–water partition coefficient (Wildman–Crippen LogP) is 3.20. The molecule has 1 fully saturated rings. The van der Waals surface area contributed by atoms with Crippen molar-refractivity contribution in [1.82, 2.24) is 9.55 Å². The largest absolute Gasteiger partial charge is 0.358 e. The Balaban J connectivity index is 1.86. The Morgan fingerprint density at radius 1 is 1.58 bits per heavy atom. The molecule has 2 aromatic rings. The van der Waals surface area contributed by atoms with Crippen molar-refractivity contribution >= 4 is 17.2 Å². The van der Waals surface area contributed by atoms with E-state index in [0.717, 1.165) is 19.3 Å². The van der Waals surface area contributed by atoms with Gasteiger partial charge in [0.25, 0.3) is 5.56 Å². The molecule has 0 amide bonds. The Bertz CT molecular complexity index is 601. The average molecular weight is 275 g/mol. The van der Waals surface area contributed by atoms with Crippen LogP contribution in [-0.2, 0) is 0 Å². The van der Waals surface area contributed by atoms with Crippen LogP contribution in [0.15, 0.2) is 34.7 Å². The van der Waals surface area contributed by atoms with E-state index in [1.165, 1.54) is 4.88 Å². The lowest BCUT2D eigenvalue weighted by molar-refractivity contribution is 0.689. The van der Waals surface area contributed by atoms with Gasteiger partial charge in [-0.2, -0.15) is 0 Å². The summed E-state index contributed by atoms with van der Waals surface area (Å²) in [6, 6.07) is 4.67. The first-order chi connectivity index (χ1) is 9.29. The van der Waals surface area contributed by atoms with E-state index in [4.69, 9.17) is 0 Å². The van der Waals surface area contributed by atoms with Crippen LogP contribution >= 0.6 is 11.3 Å². The minimum absolute atomic E-state index is 0.00000567. The third-order valence-corrected chi connectivity index (χ3v) is 4.40. The second kappa shape index (κ2) is 5.17. The Hall–Kier alpha value is -1.62. The Morgan fingerprint density at radius 3 is 3.05 bits per heavy atom. The second-order valence-corrected chi connectivity index (χ2v) is 5.82. The highest BCUT2D eigenvalue weighted by Gasteiger charge is 2.25. The number of rotatable bonds is 5. The van der Waals surface area contributed by atoms with Crippen LogP contribution in [0, 0.1) is 0 Å². The summed E-state index contributed by atoms with van der Waals surface area (Å²) in [6.07, 6.45) is 6.64. The zero-order valence-electron chi connectivity index (χ0n) is 10.9. The summed E-state index contributed by atoms with van der Waals surface area (Å²) < 4.78 is 1.80. The zero-order valence-corrected chi connectivity index (χ0v) is 11.7. The number of anilines is 1. The highest BCUT2D eigenvalue weighted by molar-refractivity contribution is 7.10. The number of hydrogen-bond donors (Lipinski definition) is 1. The molecule has 0 aliphatic heterocycles. The van der Waals surface area contributed by atoms with Crippen LogP contribution in [0.5, 0.6) is 0 Å². The summed E-state index contributed by atoms with van der Waals surface area (Å²) in [4.78, 5) is 17.8. The van der Waals surface area contributed by atoms with Crippen molar-refractivity contribution in [2.45, 2.75) is 38.3 Å². The summed E-state index contributed by atoms with van der Waals surface area (Å²) in [6.45, 7) is 2.11. The van der Waals surface area contributed by atoms with Crippen molar-refractivity contribution in [1.29, 1.82) is 0 Å². The molecule has 0 bridgehead atoms. The Kier molecular flexibility index (Phi) is 3.38. The van der Waals surface area contributed by atoms with Crippen LogP contribution < -0.4 is 10.9 Å². The molecule has 4 nitrogen and oxygen atoms in total. The summed E-state index contributed by atoms with van der Waals surface area (Å²) in [7, 11) is 0. The molecule has 0 saturated heterocycles. The lowest BCUT2D eigenvalue weighted by Gasteiger charge is -2.16. The van der Waals surface area contributed by atoms with Gasteiger partial charge in [-0.15, -0.1) is 11.3 Å². The molecule has 100 valence electrons. The molecule has 1 N–H and O–H groups in total. The van der Waals surface area contributed by atoms with E-state index in [2.05, 4.69) is 28.7 Å². The molecule has 1 saturated carbocycles. The quantitative estimate of drug-likeness (QED) is 0.911. The van der Waals surface area contributed by atoms with Crippen molar-refractivity contribution in [3.8, 4) is 0 Å². The lowest BCUT2D eigenvalue weighted by atomic mass is 10.2. The van der Waals surface area contributed by atoms with Gasteiger partial charge < -0.3 is 9.88 Å². The van der Waals surface area contributed by atoms with Crippen LogP contribution in [-0.4, -0.2) is 9.55 Å². The van der Waals surface area contributed by atoms with Gasteiger partial charge in [0, 0.05) is 23.3 Å². The molecule has 0 aromatic carbocycles. The van der Waals surface area contributed by atoms with Crippen molar-refractivity contribution in [2.24, 2.45) is 0 Å². The predicted molar refractivity (Wildman–Crippen MR) is 77.7 cm³/mol. The first-order valence-electron chi connectivity index (χ1n) is 6.66. The molecular formula is C14H17N3OS. The third-order valence-electron chi connectivity index (χ3n) is 3.41. The van der Waals surface area contributed by atoms with Crippen LogP contribution in [0.1, 0.15) is 43.1 Å². The monoisotopic (exact) mass is 275 g/mol. The Labute approximate surface area is 116 Å². The molecule has 19 heavy (non-hydrogen) atoms. The minimum atomic E-state index is 0.00000567. The molecule has 1 unspecified atom stereocenters. The molecule has 2 aromatic heterocycles.